The van der Waals surface area contributed by atoms with E-state index < -0.39 is 0 Å². The lowest BCUT2D eigenvalue weighted by atomic mass is 10.0. The first kappa shape index (κ1) is 20.2. The molecule has 2 heterocycles. The summed E-state index contributed by atoms with van der Waals surface area (Å²) in [5.74, 6) is 2.71. The highest BCUT2D eigenvalue weighted by Gasteiger charge is 2.32. The molecule has 0 amide bonds. The predicted molar refractivity (Wildman–Crippen MR) is 111 cm³/mol. The summed E-state index contributed by atoms with van der Waals surface area (Å²) in [5.41, 5.74) is 0. The molecule has 24 heavy (non-hydrogen) atoms. The van der Waals surface area contributed by atoms with Gasteiger partial charge in [-0.05, 0) is 30.8 Å². The molecule has 0 saturated carbocycles. The Labute approximate surface area is 158 Å². The quantitative estimate of drug-likeness (QED) is 0.358. The van der Waals surface area contributed by atoms with Gasteiger partial charge in [-0.15, -0.1) is 23.5 Å². The Hall–Kier alpha value is -0.0900. The maximum Gasteiger partial charge on any atom is 0.0945 e. The third-order valence-corrected chi connectivity index (χ3v) is 8.55. The number of nitrogens with zero attached hydrogens (tertiary/aromatic N) is 2. The highest BCUT2D eigenvalue weighted by Crippen LogP contribution is 2.48. The molecule has 0 atom stereocenters. The van der Waals surface area contributed by atoms with Crippen LogP contribution in [0.5, 0.6) is 0 Å². The van der Waals surface area contributed by atoms with E-state index in [1.54, 1.807) is 0 Å². The lowest BCUT2D eigenvalue weighted by Crippen LogP contribution is -2.27. The van der Waals surface area contributed by atoms with E-state index in [0.29, 0.717) is 4.08 Å². The fourth-order valence-electron chi connectivity index (χ4n) is 3.45. The van der Waals surface area contributed by atoms with E-state index in [1.807, 2.05) is 12.5 Å². The number of thioether (sulfide) groups is 2. The van der Waals surface area contributed by atoms with E-state index in [4.69, 9.17) is 0 Å². The van der Waals surface area contributed by atoms with Gasteiger partial charge in [0, 0.05) is 18.9 Å². The molecule has 0 radical (unpaired) electrons. The van der Waals surface area contributed by atoms with Gasteiger partial charge in [0.25, 0.3) is 0 Å². The van der Waals surface area contributed by atoms with Crippen molar-refractivity contribution >= 4 is 23.5 Å². The standard InChI is InChI=1S/C20H36N2S2/c1-2-3-4-5-6-7-8-9-10-12-20(23-17-11-18-24-20)13-15-22-16-14-21-19-22/h14,16,19H,2-13,15,17-18H2,1H3. The van der Waals surface area contributed by atoms with Crippen molar-refractivity contribution in [3.05, 3.63) is 18.7 Å². The first-order valence-electron chi connectivity index (χ1n) is 10.1. The molecule has 0 N–H and O–H groups in total. The normalized spacial score (nSPS) is 17.2. The van der Waals surface area contributed by atoms with Crippen molar-refractivity contribution in [1.29, 1.82) is 0 Å². The second-order valence-corrected chi connectivity index (χ2v) is 10.3. The van der Waals surface area contributed by atoms with Gasteiger partial charge in [0.05, 0.1) is 10.4 Å². The summed E-state index contributed by atoms with van der Waals surface area (Å²) >= 11 is 4.48. The number of rotatable bonds is 13. The predicted octanol–water partition coefficient (Wildman–Crippen LogP) is 6.76. The van der Waals surface area contributed by atoms with Gasteiger partial charge in [0.15, 0.2) is 0 Å². The Morgan fingerprint density at radius 2 is 1.58 bits per heavy atom. The highest BCUT2D eigenvalue weighted by atomic mass is 32.2. The third-order valence-electron chi connectivity index (χ3n) is 4.99. The molecule has 0 bridgehead atoms. The van der Waals surface area contributed by atoms with E-state index in [1.165, 1.54) is 88.6 Å². The SMILES string of the molecule is CCCCCCCCCCCC1(CCn2ccnc2)SCCCS1. The minimum atomic E-state index is 0.476. The van der Waals surface area contributed by atoms with Crippen LogP contribution in [0.3, 0.4) is 0 Å². The Kier molecular flexibility index (Phi) is 10.4. The smallest absolute Gasteiger partial charge is 0.0945 e. The second kappa shape index (κ2) is 12.3. The van der Waals surface area contributed by atoms with Crippen LogP contribution < -0.4 is 0 Å². The number of aromatic nitrogens is 2. The van der Waals surface area contributed by atoms with Gasteiger partial charge in [-0.1, -0.05) is 64.7 Å². The molecule has 0 spiro atoms. The van der Waals surface area contributed by atoms with Crippen LogP contribution in [0.2, 0.25) is 0 Å². The maximum absolute atomic E-state index is 4.18. The average Bonchev–Trinajstić information content (AvgIpc) is 3.13. The zero-order chi connectivity index (χ0) is 16.9. The van der Waals surface area contributed by atoms with Gasteiger partial charge < -0.3 is 4.57 Å². The minimum absolute atomic E-state index is 0.476. The zero-order valence-electron chi connectivity index (χ0n) is 15.5. The Morgan fingerprint density at radius 1 is 0.917 bits per heavy atom. The molecular formula is C20H36N2S2. The lowest BCUT2D eigenvalue weighted by molar-refractivity contribution is 0.518. The van der Waals surface area contributed by atoms with Crippen LogP contribution in [0.1, 0.15) is 84.0 Å². The van der Waals surface area contributed by atoms with Crippen LogP contribution in [0.4, 0.5) is 0 Å². The molecule has 2 rings (SSSR count). The van der Waals surface area contributed by atoms with Crippen molar-refractivity contribution in [1.82, 2.24) is 9.55 Å². The van der Waals surface area contributed by atoms with E-state index in [-0.39, 0.29) is 0 Å². The lowest BCUT2D eigenvalue weighted by Gasteiger charge is -2.36. The van der Waals surface area contributed by atoms with Crippen molar-refractivity contribution in [2.24, 2.45) is 0 Å². The van der Waals surface area contributed by atoms with Crippen LogP contribution in [-0.4, -0.2) is 25.1 Å². The summed E-state index contributed by atoms with van der Waals surface area (Å²) in [6.07, 6.45) is 22.9. The number of hydrogen-bond donors (Lipinski definition) is 0. The topological polar surface area (TPSA) is 17.8 Å². The minimum Gasteiger partial charge on any atom is -0.337 e. The molecule has 1 aromatic rings. The summed E-state index contributed by atoms with van der Waals surface area (Å²) < 4.78 is 2.72. The summed E-state index contributed by atoms with van der Waals surface area (Å²) in [5, 5.41) is 0. The molecule has 4 heteroatoms. The van der Waals surface area contributed by atoms with Crippen molar-refractivity contribution in [2.45, 2.75) is 94.6 Å². The summed E-state index contributed by atoms with van der Waals surface area (Å²) in [4.78, 5) is 4.18. The molecule has 1 fully saturated rings. The van der Waals surface area contributed by atoms with Crippen LogP contribution >= 0.6 is 23.5 Å². The Bertz CT molecular complexity index is 400. The fraction of sp³-hybridized carbons (Fsp3) is 0.850. The van der Waals surface area contributed by atoms with E-state index >= 15 is 0 Å². The molecular weight excluding hydrogens is 332 g/mol. The molecule has 1 aliphatic heterocycles. The monoisotopic (exact) mass is 368 g/mol. The Morgan fingerprint density at radius 3 is 2.21 bits per heavy atom. The van der Waals surface area contributed by atoms with Gasteiger partial charge >= 0.3 is 0 Å². The van der Waals surface area contributed by atoms with Crippen molar-refractivity contribution in [3.63, 3.8) is 0 Å². The average molecular weight is 369 g/mol. The Balaban J connectivity index is 1.60. The van der Waals surface area contributed by atoms with Crippen molar-refractivity contribution in [2.75, 3.05) is 11.5 Å². The van der Waals surface area contributed by atoms with E-state index in [2.05, 4.69) is 46.2 Å². The summed E-state index contributed by atoms with van der Waals surface area (Å²) in [7, 11) is 0. The van der Waals surface area contributed by atoms with Gasteiger partial charge in [-0.25, -0.2) is 4.98 Å². The molecule has 0 aromatic carbocycles. The summed E-state index contributed by atoms with van der Waals surface area (Å²) in [6.45, 7) is 3.42. The number of imidazole rings is 1. The third kappa shape index (κ3) is 7.86. The highest BCUT2D eigenvalue weighted by molar-refractivity contribution is 8.18. The molecule has 2 nitrogen and oxygen atoms in total. The van der Waals surface area contributed by atoms with E-state index in [9.17, 15) is 0 Å². The van der Waals surface area contributed by atoms with Gasteiger partial charge in [-0.2, -0.15) is 0 Å². The number of hydrogen-bond acceptors (Lipinski definition) is 3. The van der Waals surface area contributed by atoms with Crippen molar-refractivity contribution in [3.8, 4) is 0 Å². The number of aryl methyl sites for hydroxylation is 1. The first-order chi connectivity index (χ1) is 11.8. The molecule has 138 valence electrons. The maximum atomic E-state index is 4.18. The fourth-order valence-corrected chi connectivity index (χ4v) is 6.84. The van der Waals surface area contributed by atoms with Crippen LogP contribution in [0, 0.1) is 0 Å². The van der Waals surface area contributed by atoms with Gasteiger partial charge in [0.2, 0.25) is 0 Å². The molecule has 1 aromatic heterocycles. The van der Waals surface area contributed by atoms with E-state index in [0.717, 1.165) is 6.54 Å². The summed E-state index contributed by atoms with van der Waals surface area (Å²) in [6, 6.07) is 0. The van der Waals surface area contributed by atoms with Crippen LogP contribution in [0.25, 0.3) is 0 Å². The molecule has 1 saturated heterocycles. The van der Waals surface area contributed by atoms with Crippen LogP contribution in [0.15, 0.2) is 18.7 Å². The van der Waals surface area contributed by atoms with Crippen LogP contribution in [-0.2, 0) is 6.54 Å². The van der Waals surface area contributed by atoms with Gasteiger partial charge in [0.1, 0.15) is 0 Å². The second-order valence-electron chi connectivity index (χ2n) is 7.09. The van der Waals surface area contributed by atoms with Crippen molar-refractivity contribution < 1.29 is 0 Å². The van der Waals surface area contributed by atoms with Gasteiger partial charge in [-0.3, -0.25) is 0 Å². The largest absolute Gasteiger partial charge is 0.337 e. The molecule has 0 unspecified atom stereocenters. The molecule has 0 aliphatic carbocycles. The number of unbranched alkanes of at least 4 members (excludes halogenated alkanes) is 8. The first-order valence-corrected chi connectivity index (χ1v) is 12.1. The zero-order valence-corrected chi connectivity index (χ0v) is 17.2. The molecule has 1 aliphatic rings.